The van der Waals surface area contributed by atoms with Crippen molar-refractivity contribution in [1.29, 1.82) is 0 Å². The molecule has 2 rings (SSSR count). The van der Waals surface area contributed by atoms with E-state index in [4.69, 9.17) is 4.74 Å². The largest absolute Gasteiger partial charge is 0.378 e. The summed E-state index contributed by atoms with van der Waals surface area (Å²) in [5.74, 6) is -2.08. The molecule has 4 nitrogen and oxygen atoms in total. The lowest BCUT2D eigenvalue weighted by atomic mass is 10.1. The fourth-order valence-corrected chi connectivity index (χ4v) is 2.12. The highest BCUT2D eigenvalue weighted by atomic mass is 19.1. The van der Waals surface area contributed by atoms with E-state index in [1.807, 2.05) is 0 Å². The van der Waals surface area contributed by atoms with Crippen molar-refractivity contribution in [3.05, 3.63) is 34.9 Å². The molecule has 1 aromatic rings. The van der Waals surface area contributed by atoms with Crippen molar-refractivity contribution in [1.82, 2.24) is 10.6 Å². The number of halogens is 2. The van der Waals surface area contributed by atoms with Crippen LogP contribution < -0.4 is 10.6 Å². The zero-order valence-electron chi connectivity index (χ0n) is 10.8. The maximum atomic E-state index is 13.6. The SMILES string of the molecule is CO[C@H]1CNCC1NC(=O)c1cc(C)c(F)cc1F. The third-order valence-electron chi connectivity index (χ3n) is 3.27. The molecule has 1 heterocycles. The lowest BCUT2D eigenvalue weighted by Gasteiger charge is -2.18. The normalized spacial score (nSPS) is 22.5. The Hall–Kier alpha value is -1.53. The van der Waals surface area contributed by atoms with Crippen LogP contribution in [0, 0.1) is 18.6 Å². The first kappa shape index (κ1) is 13.9. The lowest BCUT2D eigenvalue weighted by Crippen LogP contribution is -2.43. The van der Waals surface area contributed by atoms with Gasteiger partial charge in [-0.1, -0.05) is 0 Å². The number of hydrogen-bond donors (Lipinski definition) is 2. The van der Waals surface area contributed by atoms with Crippen LogP contribution in [0.1, 0.15) is 15.9 Å². The van der Waals surface area contributed by atoms with Gasteiger partial charge in [0, 0.05) is 26.3 Å². The molecule has 1 amide bonds. The van der Waals surface area contributed by atoms with Gasteiger partial charge in [-0.2, -0.15) is 0 Å². The zero-order valence-corrected chi connectivity index (χ0v) is 10.8. The van der Waals surface area contributed by atoms with Crippen LogP contribution in [-0.2, 0) is 4.74 Å². The average Bonchev–Trinajstić information content (AvgIpc) is 2.80. The molecular formula is C13H16F2N2O2. The summed E-state index contributed by atoms with van der Waals surface area (Å²) in [6.45, 7) is 2.68. The Labute approximate surface area is 110 Å². The predicted octanol–water partition coefficient (Wildman–Crippen LogP) is 0.990. The van der Waals surface area contributed by atoms with E-state index in [-0.39, 0.29) is 23.3 Å². The lowest BCUT2D eigenvalue weighted by molar-refractivity contribution is 0.0777. The second kappa shape index (κ2) is 5.63. The van der Waals surface area contributed by atoms with E-state index in [1.165, 1.54) is 13.0 Å². The molecule has 0 aromatic heterocycles. The van der Waals surface area contributed by atoms with Gasteiger partial charge in [0.15, 0.2) is 0 Å². The topological polar surface area (TPSA) is 50.4 Å². The summed E-state index contributed by atoms with van der Waals surface area (Å²) in [6, 6.07) is 1.72. The second-order valence-electron chi connectivity index (χ2n) is 4.59. The Morgan fingerprint density at radius 3 is 2.79 bits per heavy atom. The van der Waals surface area contributed by atoms with Crippen LogP contribution in [-0.4, -0.2) is 38.3 Å². The molecule has 1 aliphatic rings. The van der Waals surface area contributed by atoms with Gasteiger partial charge in [0.1, 0.15) is 11.6 Å². The highest BCUT2D eigenvalue weighted by molar-refractivity contribution is 5.95. The number of methoxy groups -OCH3 is 1. The van der Waals surface area contributed by atoms with Gasteiger partial charge in [-0.25, -0.2) is 8.78 Å². The fraction of sp³-hybridized carbons (Fsp3) is 0.462. The maximum Gasteiger partial charge on any atom is 0.254 e. The molecular weight excluding hydrogens is 254 g/mol. The minimum Gasteiger partial charge on any atom is -0.378 e. The van der Waals surface area contributed by atoms with Gasteiger partial charge in [0.25, 0.3) is 5.91 Å². The van der Waals surface area contributed by atoms with Crippen LogP contribution in [0.15, 0.2) is 12.1 Å². The van der Waals surface area contributed by atoms with Crippen LogP contribution in [0.3, 0.4) is 0 Å². The van der Waals surface area contributed by atoms with Crippen molar-refractivity contribution in [3.63, 3.8) is 0 Å². The molecule has 1 saturated heterocycles. The number of ether oxygens (including phenoxy) is 1. The summed E-state index contributed by atoms with van der Waals surface area (Å²) >= 11 is 0. The van der Waals surface area contributed by atoms with Crippen molar-refractivity contribution in [2.75, 3.05) is 20.2 Å². The standard InChI is InChI=1S/C13H16F2N2O2/c1-7-3-8(10(15)4-9(7)14)13(18)17-11-5-16-6-12(11)19-2/h3-4,11-12,16H,5-6H2,1-2H3,(H,17,18)/t11?,12-/m0/s1. The summed E-state index contributed by atoms with van der Waals surface area (Å²) in [5.41, 5.74) is 0.0834. The van der Waals surface area contributed by atoms with E-state index >= 15 is 0 Å². The zero-order chi connectivity index (χ0) is 14.0. The molecule has 104 valence electrons. The van der Waals surface area contributed by atoms with Crippen LogP contribution in [0.25, 0.3) is 0 Å². The Morgan fingerprint density at radius 2 is 2.11 bits per heavy atom. The third-order valence-corrected chi connectivity index (χ3v) is 3.27. The molecule has 0 saturated carbocycles. The van der Waals surface area contributed by atoms with Crippen LogP contribution in [0.5, 0.6) is 0 Å². The van der Waals surface area contributed by atoms with Crippen molar-refractivity contribution in [2.24, 2.45) is 0 Å². The number of rotatable bonds is 3. The molecule has 1 fully saturated rings. The highest BCUT2D eigenvalue weighted by Gasteiger charge is 2.29. The smallest absolute Gasteiger partial charge is 0.254 e. The molecule has 2 N–H and O–H groups in total. The van der Waals surface area contributed by atoms with Gasteiger partial charge in [0.2, 0.25) is 0 Å². The summed E-state index contributed by atoms with van der Waals surface area (Å²) in [7, 11) is 1.56. The molecule has 0 aliphatic carbocycles. The van der Waals surface area contributed by atoms with Crippen LogP contribution >= 0.6 is 0 Å². The Bertz CT molecular complexity index is 494. The number of hydrogen-bond acceptors (Lipinski definition) is 3. The first-order chi connectivity index (χ1) is 9.02. The highest BCUT2D eigenvalue weighted by Crippen LogP contribution is 2.15. The monoisotopic (exact) mass is 270 g/mol. The molecule has 1 unspecified atom stereocenters. The molecule has 6 heteroatoms. The molecule has 19 heavy (non-hydrogen) atoms. The molecule has 2 atom stereocenters. The molecule has 0 spiro atoms. The van der Waals surface area contributed by atoms with E-state index in [0.717, 1.165) is 6.07 Å². The van der Waals surface area contributed by atoms with Crippen molar-refractivity contribution in [2.45, 2.75) is 19.1 Å². The third kappa shape index (κ3) is 2.90. The van der Waals surface area contributed by atoms with E-state index in [9.17, 15) is 13.6 Å². The van der Waals surface area contributed by atoms with Gasteiger partial charge in [-0.3, -0.25) is 4.79 Å². The fourth-order valence-electron chi connectivity index (χ4n) is 2.12. The van der Waals surface area contributed by atoms with Gasteiger partial charge < -0.3 is 15.4 Å². The molecule has 1 aliphatic heterocycles. The van der Waals surface area contributed by atoms with Crippen molar-refractivity contribution < 1.29 is 18.3 Å². The number of carbonyl (C=O) groups excluding carboxylic acids is 1. The molecule has 0 radical (unpaired) electrons. The first-order valence-electron chi connectivity index (χ1n) is 6.03. The molecule has 1 aromatic carbocycles. The number of nitrogens with one attached hydrogen (secondary N) is 2. The number of benzene rings is 1. The quantitative estimate of drug-likeness (QED) is 0.861. The minimum absolute atomic E-state index is 0.145. The number of amides is 1. The van der Waals surface area contributed by atoms with E-state index in [2.05, 4.69) is 10.6 Å². The van der Waals surface area contributed by atoms with Gasteiger partial charge in [-0.15, -0.1) is 0 Å². The Balaban J connectivity index is 2.14. The second-order valence-corrected chi connectivity index (χ2v) is 4.59. The van der Waals surface area contributed by atoms with Gasteiger partial charge >= 0.3 is 0 Å². The van der Waals surface area contributed by atoms with E-state index < -0.39 is 17.5 Å². The van der Waals surface area contributed by atoms with Gasteiger partial charge in [-0.05, 0) is 18.6 Å². The Morgan fingerprint density at radius 1 is 1.37 bits per heavy atom. The number of aryl methyl sites for hydroxylation is 1. The van der Waals surface area contributed by atoms with Crippen molar-refractivity contribution in [3.8, 4) is 0 Å². The van der Waals surface area contributed by atoms with Crippen molar-refractivity contribution >= 4 is 5.91 Å². The average molecular weight is 270 g/mol. The minimum atomic E-state index is -0.861. The van der Waals surface area contributed by atoms with Gasteiger partial charge in [0.05, 0.1) is 17.7 Å². The van der Waals surface area contributed by atoms with E-state index in [0.29, 0.717) is 13.1 Å². The summed E-state index contributed by atoms with van der Waals surface area (Å²) in [5, 5.41) is 5.77. The van der Waals surface area contributed by atoms with E-state index in [1.54, 1.807) is 7.11 Å². The maximum absolute atomic E-state index is 13.6. The summed E-state index contributed by atoms with van der Waals surface area (Å²) < 4.78 is 31.9. The van der Waals surface area contributed by atoms with Crippen LogP contribution in [0.4, 0.5) is 8.78 Å². The first-order valence-corrected chi connectivity index (χ1v) is 6.03. The molecule has 0 bridgehead atoms. The summed E-state index contributed by atoms with van der Waals surface area (Å²) in [4.78, 5) is 12.0. The predicted molar refractivity (Wildman–Crippen MR) is 66.0 cm³/mol. The summed E-state index contributed by atoms with van der Waals surface area (Å²) in [6.07, 6.45) is -0.145. The Kier molecular flexibility index (Phi) is 4.11. The number of carbonyl (C=O) groups is 1. The van der Waals surface area contributed by atoms with Crippen LogP contribution in [0.2, 0.25) is 0 Å².